The summed E-state index contributed by atoms with van der Waals surface area (Å²) in [6, 6.07) is 0. The zero-order valence-corrected chi connectivity index (χ0v) is 5.05. The van der Waals surface area contributed by atoms with Crippen molar-refractivity contribution in [2.75, 3.05) is 0 Å². The first-order valence-corrected chi connectivity index (χ1v) is 2.54. The summed E-state index contributed by atoms with van der Waals surface area (Å²) < 4.78 is 0.359. The first-order chi connectivity index (χ1) is 2.77. The quantitative estimate of drug-likeness (QED) is 0.460. The van der Waals surface area contributed by atoms with Crippen molar-refractivity contribution in [1.82, 2.24) is 0 Å². The third-order valence-corrected chi connectivity index (χ3v) is 0.667. The van der Waals surface area contributed by atoms with Gasteiger partial charge in [0, 0.05) is 0 Å². The van der Waals surface area contributed by atoms with Gasteiger partial charge >= 0.3 is 56.6 Å². The first-order valence-electron chi connectivity index (χ1n) is 1.78. The molecule has 0 radical (unpaired) electrons. The predicted octanol–water partition coefficient (Wildman–Crippen LogP) is 1.89. The Labute approximate surface area is 56.7 Å². The average Bonchev–Trinajstić information content (AvgIpc) is 1.35. The van der Waals surface area contributed by atoms with E-state index in [1.54, 1.807) is 6.08 Å². The molecule has 0 aliphatic heterocycles. The topological polar surface area (TPSA) is 0 Å². The van der Waals surface area contributed by atoms with Crippen LogP contribution in [0.15, 0.2) is 10.6 Å². The van der Waals surface area contributed by atoms with Crippen LogP contribution in [0.1, 0.15) is 0 Å². The van der Waals surface area contributed by atoms with E-state index in [9.17, 15) is 0 Å². The molecule has 0 aromatic rings. The van der Waals surface area contributed by atoms with Crippen molar-refractivity contribution in [3.63, 3.8) is 0 Å². The van der Waals surface area contributed by atoms with Gasteiger partial charge < -0.3 is 0 Å². The molecule has 0 heterocycles. The molecular weight excluding hydrogens is 114 g/mol. The van der Waals surface area contributed by atoms with Gasteiger partial charge in [0.25, 0.3) is 0 Å². The Morgan fingerprint density at radius 3 is 2.17 bits per heavy atom. The Morgan fingerprint density at radius 2 is 2.17 bits per heavy atom. The molecule has 0 amide bonds. The first kappa shape index (κ1) is 6.92. The van der Waals surface area contributed by atoms with Crippen LogP contribution in [-0.2, 0) is 0 Å². The SMILES string of the molecule is [Li][CH2]C=C(Cl)Cl. The molecule has 0 N–H and O–H groups in total. The Hall–Kier alpha value is 0.917. The third kappa shape index (κ3) is 4.92. The Morgan fingerprint density at radius 1 is 1.67 bits per heavy atom. The number of hydrogen-bond acceptors (Lipinski definition) is 0. The molecule has 0 aliphatic rings. The van der Waals surface area contributed by atoms with Gasteiger partial charge in [0.1, 0.15) is 0 Å². The summed E-state index contributed by atoms with van der Waals surface area (Å²) in [4.78, 5) is 0. The van der Waals surface area contributed by atoms with Crippen LogP contribution in [0.4, 0.5) is 0 Å². The molecule has 0 saturated heterocycles. The van der Waals surface area contributed by atoms with Gasteiger partial charge in [-0.25, -0.2) is 0 Å². The van der Waals surface area contributed by atoms with Crippen molar-refractivity contribution in [3.05, 3.63) is 10.6 Å². The Kier molecular flexibility index (Phi) is 4.71. The molecule has 3 heteroatoms. The minimum atomic E-state index is 0.359. The van der Waals surface area contributed by atoms with Crippen molar-refractivity contribution in [2.45, 2.75) is 5.09 Å². The van der Waals surface area contributed by atoms with Gasteiger partial charge in [-0.15, -0.1) is 0 Å². The van der Waals surface area contributed by atoms with Gasteiger partial charge in [0.2, 0.25) is 0 Å². The van der Waals surface area contributed by atoms with Crippen LogP contribution in [0, 0.1) is 0 Å². The predicted molar refractivity (Wildman–Crippen MR) is 30.3 cm³/mol. The van der Waals surface area contributed by atoms with E-state index in [4.69, 9.17) is 23.2 Å². The number of rotatable bonds is 1. The normalized spacial score (nSPS) is 8.00. The molecule has 0 saturated carbocycles. The van der Waals surface area contributed by atoms with E-state index in [0.717, 1.165) is 5.09 Å². The van der Waals surface area contributed by atoms with Crippen LogP contribution in [0.25, 0.3) is 0 Å². The summed E-state index contributed by atoms with van der Waals surface area (Å²) in [5.74, 6) is 0. The number of allylic oxidation sites excluding steroid dienone is 1. The molecule has 0 rings (SSSR count). The van der Waals surface area contributed by atoms with Crippen LogP contribution in [0.2, 0.25) is 5.09 Å². The summed E-state index contributed by atoms with van der Waals surface area (Å²) in [7, 11) is 0. The van der Waals surface area contributed by atoms with Crippen LogP contribution in [0.5, 0.6) is 0 Å². The van der Waals surface area contributed by atoms with Crippen molar-refractivity contribution in [2.24, 2.45) is 0 Å². The minimum absolute atomic E-state index is 0.359. The summed E-state index contributed by atoms with van der Waals surface area (Å²) >= 11 is 12.4. The van der Waals surface area contributed by atoms with Gasteiger partial charge in [-0.05, 0) is 0 Å². The van der Waals surface area contributed by atoms with Gasteiger partial charge in [-0.3, -0.25) is 0 Å². The second-order valence-corrected chi connectivity index (χ2v) is 1.91. The standard InChI is InChI=1S/C3H3Cl2.Li/c1-2-3(4)5;/h2H,1H2;. The van der Waals surface area contributed by atoms with Gasteiger partial charge in [0.05, 0.1) is 0 Å². The molecule has 0 nitrogen and oxygen atoms in total. The van der Waals surface area contributed by atoms with E-state index in [-0.39, 0.29) is 0 Å². The molecule has 0 fully saturated rings. The number of halogens is 2. The fourth-order valence-corrected chi connectivity index (χ4v) is 0.463. The maximum absolute atomic E-state index is 5.20. The van der Waals surface area contributed by atoms with E-state index >= 15 is 0 Å². The molecule has 0 aromatic carbocycles. The van der Waals surface area contributed by atoms with Crippen LogP contribution in [0.3, 0.4) is 0 Å². The van der Waals surface area contributed by atoms with Crippen LogP contribution >= 0.6 is 23.2 Å². The van der Waals surface area contributed by atoms with E-state index in [1.165, 1.54) is 0 Å². The second kappa shape index (κ2) is 4.09. The number of hydrogen-bond donors (Lipinski definition) is 0. The summed E-state index contributed by atoms with van der Waals surface area (Å²) in [5.41, 5.74) is 0. The van der Waals surface area contributed by atoms with Crippen molar-refractivity contribution < 1.29 is 0 Å². The molecule has 30 valence electrons. The van der Waals surface area contributed by atoms with Crippen molar-refractivity contribution in [1.29, 1.82) is 0 Å². The van der Waals surface area contributed by atoms with Crippen molar-refractivity contribution in [3.8, 4) is 0 Å². The summed E-state index contributed by atoms with van der Waals surface area (Å²) in [6.45, 7) is 0. The van der Waals surface area contributed by atoms with Gasteiger partial charge in [-0.1, -0.05) is 0 Å². The molecule has 0 bridgehead atoms. The molecule has 0 aromatic heterocycles. The van der Waals surface area contributed by atoms with Gasteiger partial charge in [-0.2, -0.15) is 0 Å². The fraction of sp³-hybridized carbons (Fsp3) is 0.333. The molecule has 0 atom stereocenters. The van der Waals surface area contributed by atoms with E-state index in [2.05, 4.69) is 0 Å². The molecule has 0 spiro atoms. The zero-order valence-electron chi connectivity index (χ0n) is 3.54. The molecule has 6 heavy (non-hydrogen) atoms. The third-order valence-electron chi connectivity index (χ3n) is 0.358. The van der Waals surface area contributed by atoms with Crippen LogP contribution in [-0.4, -0.2) is 17.7 Å². The Bertz CT molecular complexity index is 55.8. The van der Waals surface area contributed by atoms with Gasteiger partial charge in [0.15, 0.2) is 0 Å². The maximum atomic E-state index is 5.20. The average molecular weight is 117 g/mol. The second-order valence-electron chi connectivity index (χ2n) is 0.902. The van der Waals surface area contributed by atoms with E-state index in [0.29, 0.717) is 4.49 Å². The molecule has 0 unspecified atom stereocenters. The van der Waals surface area contributed by atoms with E-state index in [1.807, 2.05) is 17.7 Å². The Balaban J connectivity index is 3.14. The zero-order chi connectivity index (χ0) is 4.99. The summed E-state index contributed by atoms with van der Waals surface area (Å²) in [6.07, 6.45) is 1.74. The molecular formula is C3H3Cl2Li. The fourth-order valence-electron chi connectivity index (χ4n) is 0.154. The monoisotopic (exact) mass is 116 g/mol. The molecule has 0 aliphatic carbocycles. The van der Waals surface area contributed by atoms with Crippen LogP contribution < -0.4 is 0 Å². The summed E-state index contributed by atoms with van der Waals surface area (Å²) in [5, 5.41) is 0.905. The van der Waals surface area contributed by atoms with E-state index < -0.39 is 0 Å². The van der Waals surface area contributed by atoms with Crippen molar-refractivity contribution >= 4 is 40.9 Å².